The maximum atomic E-state index is 12.9. The van der Waals surface area contributed by atoms with Crippen molar-refractivity contribution in [2.75, 3.05) is 7.11 Å². The van der Waals surface area contributed by atoms with Crippen molar-refractivity contribution in [1.82, 2.24) is 0 Å². The van der Waals surface area contributed by atoms with Gasteiger partial charge in [0.1, 0.15) is 5.83 Å². The highest BCUT2D eigenvalue weighted by atomic mass is 127. The summed E-state index contributed by atoms with van der Waals surface area (Å²) in [7, 11) is 1.29. The Kier molecular flexibility index (Phi) is 3.57. The average Bonchev–Trinajstić information content (AvgIpc) is 2.08. The number of carbonyl (C=O) groups is 1. The number of carbonyl (C=O) groups excluding carboxylic acids is 1. The van der Waals surface area contributed by atoms with Gasteiger partial charge in [0.05, 0.1) is 15.1 Å². The first-order valence-electron chi connectivity index (χ1n) is 2.97. The summed E-state index contributed by atoms with van der Waals surface area (Å²) in [5.74, 6) is -0.851. The summed E-state index contributed by atoms with van der Waals surface area (Å²) >= 11 is 2.48. The first-order chi connectivity index (χ1) is 5.65. The molecule has 2 nitrogen and oxygen atoms in total. The van der Waals surface area contributed by atoms with Crippen LogP contribution < -0.4 is 0 Å². The molecule has 0 unspecified atom stereocenters. The van der Waals surface area contributed by atoms with E-state index in [-0.39, 0.29) is 0 Å². The molecule has 1 rings (SSSR count). The van der Waals surface area contributed by atoms with E-state index < -0.39 is 32.5 Å². The lowest BCUT2D eigenvalue weighted by Gasteiger charge is -2.03. The predicted molar refractivity (Wildman–Crippen MR) is 57.2 cm³/mol. The summed E-state index contributed by atoms with van der Waals surface area (Å²) in [4.78, 5) is 10.9. The molecule has 0 aromatic heterocycles. The van der Waals surface area contributed by atoms with Crippen molar-refractivity contribution in [3.05, 3.63) is 20.5 Å². The monoisotopic (exact) mass is 346 g/mol. The summed E-state index contributed by atoms with van der Waals surface area (Å²) in [6.07, 6.45) is 1.23. The first-order valence-corrected chi connectivity index (χ1v) is 6.09. The van der Waals surface area contributed by atoms with Gasteiger partial charge in [-0.1, -0.05) is 20.7 Å². The van der Waals surface area contributed by atoms with Gasteiger partial charge in [-0.2, -0.15) is 0 Å². The molecule has 0 aliphatic carbocycles. The number of ether oxygens (including phenoxy) is 1. The molecule has 66 valence electrons. The zero-order valence-corrected chi connectivity index (χ0v) is 9.85. The molecule has 0 N–H and O–H groups in total. The van der Waals surface area contributed by atoms with Crippen molar-refractivity contribution in [3.8, 4) is 0 Å². The normalized spacial score (nSPS) is 16.8. The molecule has 1 heterocycles. The Morgan fingerprint density at radius 3 is 2.92 bits per heavy atom. The van der Waals surface area contributed by atoms with Crippen molar-refractivity contribution in [2.45, 2.75) is 0 Å². The molecule has 0 saturated carbocycles. The van der Waals surface area contributed by atoms with E-state index in [9.17, 15) is 9.18 Å². The second-order valence-electron chi connectivity index (χ2n) is 1.90. The smallest absolute Gasteiger partial charge is 0.343 e. The van der Waals surface area contributed by atoms with Crippen LogP contribution in [-0.2, 0) is 9.53 Å². The van der Waals surface area contributed by atoms with E-state index in [4.69, 9.17) is 0 Å². The molecule has 0 spiro atoms. The molecule has 0 fully saturated rings. The van der Waals surface area contributed by atoms with E-state index in [1.807, 2.05) is 0 Å². The van der Waals surface area contributed by atoms with Gasteiger partial charge < -0.3 is 4.74 Å². The van der Waals surface area contributed by atoms with E-state index in [1.54, 1.807) is 4.08 Å². The summed E-state index contributed by atoms with van der Waals surface area (Å²) in [6.45, 7) is 0. The van der Waals surface area contributed by atoms with Crippen LogP contribution in [0.25, 0.3) is 0 Å². The molecule has 12 heavy (non-hydrogen) atoms. The highest BCUT2D eigenvalue weighted by molar-refractivity contribution is 14.2. The third kappa shape index (κ3) is 2.22. The highest BCUT2D eigenvalue weighted by Crippen LogP contribution is 2.27. The number of rotatable bonds is 1. The molecule has 0 aromatic rings. The number of allylic oxidation sites excluding steroid dienone is 2. The Morgan fingerprint density at radius 2 is 2.42 bits per heavy atom. The van der Waals surface area contributed by atoms with Crippen LogP contribution in [-0.4, -0.2) is 16.6 Å². The van der Waals surface area contributed by atoms with E-state index >= 15 is 0 Å². The Morgan fingerprint density at radius 1 is 1.75 bits per heavy atom. The Bertz CT molecular complexity index is 307. The third-order valence-electron chi connectivity index (χ3n) is 1.13. The fourth-order valence-corrected chi connectivity index (χ4v) is 3.10. The molecule has 0 bridgehead atoms. The van der Waals surface area contributed by atoms with Gasteiger partial charge in [-0.05, 0) is 26.1 Å². The first kappa shape index (κ1) is 10.0. The Hall–Kier alpha value is -0.0400. The van der Waals surface area contributed by atoms with Gasteiger partial charge in [-0.25, -0.2) is 9.18 Å². The second kappa shape index (κ2) is 4.27. The summed E-state index contributed by atoms with van der Waals surface area (Å²) in [5.41, 5.74) is 0. The SMILES string of the molecule is COC(=O)C1=IC=C(Br)C(F)=C1. The summed E-state index contributed by atoms with van der Waals surface area (Å²) < 4.78 is 19.9. The largest absolute Gasteiger partial charge is 0.465 e. The van der Waals surface area contributed by atoms with E-state index in [1.165, 1.54) is 13.2 Å². The number of methoxy groups -OCH3 is 1. The van der Waals surface area contributed by atoms with Crippen molar-refractivity contribution >= 4 is 46.1 Å². The minimum atomic E-state index is -0.548. The summed E-state index contributed by atoms with van der Waals surface area (Å²) in [6, 6.07) is 0. The maximum absolute atomic E-state index is 12.9. The van der Waals surface area contributed by atoms with E-state index in [2.05, 4.69) is 20.7 Å². The second-order valence-corrected chi connectivity index (χ2v) is 5.16. The van der Waals surface area contributed by atoms with Gasteiger partial charge in [-0.3, -0.25) is 0 Å². The van der Waals surface area contributed by atoms with Crippen LogP contribution in [0.4, 0.5) is 4.39 Å². The number of hydrogen-bond donors (Lipinski definition) is 0. The van der Waals surface area contributed by atoms with Crippen molar-refractivity contribution in [1.29, 1.82) is 0 Å². The van der Waals surface area contributed by atoms with Gasteiger partial charge in [0.2, 0.25) is 0 Å². The molecule has 1 aliphatic heterocycles. The van der Waals surface area contributed by atoms with Crippen LogP contribution in [0.15, 0.2) is 20.5 Å². The third-order valence-corrected chi connectivity index (χ3v) is 4.95. The van der Waals surface area contributed by atoms with E-state index in [0.717, 1.165) is 0 Å². The highest BCUT2D eigenvalue weighted by Gasteiger charge is 2.13. The van der Waals surface area contributed by atoms with Gasteiger partial charge in [-0.15, -0.1) is 0 Å². The lowest BCUT2D eigenvalue weighted by atomic mass is 10.3. The van der Waals surface area contributed by atoms with Crippen molar-refractivity contribution in [2.24, 2.45) is 0 Å². The lowest BCUT2D eigenvalue weighted by molar-refractivity contribution is -0.132. The molecule has 5 heteroatoms. The molecule has 0 aromatic carbocycles. The average molecular weight is 347 g/mol. The fourth-order valence-electron chi connectivity index (χ4n) is 0.571. The lowest BCUT2D eigenvalue weighted by Crippen LogP contribution is -2.12. The molecule has 0 atom stereocenters. The van der Waals surface area contributed by atoms with Crippen LogP contribution in [0.3, 0.4) is 0 Å². The zero-order chi connectivity index (χ0) is 9.14. The maximum Gasteiger partial charge on any atom is 0.343 e. The van der Waals surface area contributed by atoms with Crippen LogP contribution in [0.5, 0.6) is 0 Å². The van der Waals surface area contributed by atoms with Crippen LogP contribution in [0.1, 0.15) is 0 Å². The van der Waals surface area contributed by atoms with Crippen LogP contribution in [0, 0.1) is 0 Å². The molecular formula is C7H5BrFIO2. The molecule has 1 aliphatic rings. The molecule has 0 amide bonds. The minimum absolute atomic E-state index is 0.415. The number of esters is 1. The summed E-state index contributed by atoms with van der Waals surface area (Å²) in [5, 5.41) is 0. The van der Waals surface area contributed by atoms with Crippen molar-refractivity contribution in [3.63, 3.8) is 0 Å². The Balaban J connectivity index is 2.93. The topological polar surface area (TPSA) is 26.3 Å². The quantitative estimate of drug-likeness (QED) is 0.538. The number of hydrogen-bond acceptors (Lipinski definition) is 2. The van der Waals surface area contributed by atoms with Crippen LogP contribution >= 0.6 is 36.7 Å². The predicted octanol–water partition coefficient (Wildman–Crippen LogP) is 2.41. The van der Waals surface area contributed by atoms with E-state index in [0.29, 0.717) is 7.99 Å². The van der Waals surface area contributed by atoms with Gasteiger partial charge in [0.15, 0.2) is 0 Å². The Labute approximate surface area is 87.3 Å². The van der Waals surface area contributed by atoms with Crippen molar-refractivity contribution < 1.29 is 13.9 Å². The van der Waals surface area contributed by atoms with Gasteiger partial charge >= 0.3 is 5.97 Å². The van der Waals surface area contributed by atoms with Crippen LogP contribution in [0.2, 0.25) is 0 Å². The fraction of sp³-hybridized carbons (Fsp3) is 0.143. The van der Waals surface area contributed by atoms with Gasteiger partial charge in [0, 0.05) is 0 Å². The standard InChI is InChI=1S/C7H5BrFIO2/c1-12-7(11)6-2-5(9)4(8)3-10-6/h2-3H,1H3. The molecule has 0 radical (unpaired) electrons. The van der Waals surface area contributed by atoms with Gasteiger partial charge in [0.25, 0.3) is 0 Å². The zero-order valence-electron chi connectivity index (χ0n) is 6.11. The molecule has 0 saturated heterocycles. The minimum Gasteiger partial charge on any atom is -0.465 e. The number of halogens is 3. The molecular weight excluding hydrogens is 342 g/mol.